The molecule has 0 bridgehead atoms. The third-order valence-electron chi connectivity index (χ3n) is 3.21. The zero-order valence-corrected chi connectivity index (χ0v) is 14.3. The van der Waals surface area contributed by atoms with Crippen LogP contribution < -0.4 is 10.5 Å². The summed E-state index contributed by atoms with van der Waals surface area (Å²) in [6, 6.07) is 6.26. The molecule has 0 aromatic heterocycles. The van der Waals surface area contributed by atoms with Crippen molar-refractivity contribution < 1.29 is 9.47 Å². The van der Waals surface area contributed by atoms with Crippen molar-refractivity contribution in [2.45, 2.75) is 26.0 Å². The highest BCUT2D eigenvalue weighted by Crippen LogP contribution is 2.29. The molecule has 0 aliphatic heterocycles. The van der Waals surface area contributed by atoms with Crippen LogP contribution in [0.1, 0.15) is 25.5 Å². The summed E-state index contributed by atoms with van der Waals surface area (Å²) >= 11 is 3.52. The van der Waals surface area contributed by atoms with E-state index in [1.807, 2.05) is 19.9 Å². The van der Waals surface area contributed by atoms with Crippen LogP contribution in [0, 0.1) is 0 Å². The van der Waals surface area contributed by atoms with Crippen LogP contribution >= 0.6 is 15.9 Å². The van der Waals surface area contributed by atoms with E-state index in [4.69, 9.17) is 15.2 Å². The lowest BCUT2D eigenvalue weighted by molar-refractivity contribution is 0.0564. The summed E-state index contributed by atoms with van der Waals surface area (Å²) in [6.45, 7) is 6.21. The largest absolute Gasteiger partial charge is 0.496 e. The van der Waals surface area contributed by atoms with E-state index in [1.54, 1.807) is 7.11 Å². The normalized spacial score (nSPS) is 13.0. The zero-order chi connectivity index (χ0) is 15.1. The summed E-state index contributed by atoms with van der Waals surface area (Å²) in [5.74, 6) is 0.829. The summed E-state index contributed by atoms with van der Waals surface area (Å²) in [7, 11) is 3.73. The van der Waals surface area contributed by atoms with Gasteiger partial charge < -0.3 is 15.2 Å². The average molecular weight is 345 g/mol. The van der Waals surface area contributed by atoms with Gasteiger partial charge >= 0.3 is 0 Å². The molecule has 0 fully saturated rings. The molecule has 0 saturated heterocycles. The Hall–Kier alpha value is -0.620. The fourth-order valence-electron chi connectivity index (χ4n) is 2.05. The molecule has 0 saturated carbocycles. The smallest absolute Gasteiger partial charge is 0.133 e. The summed E-state index contributed by atoms with van der Waals surface area (Å²) in [5, 5.41) is 0. The van der Waals surface area contributed by atoms with Gasteiger partial charge in [-0.25, -0.2) is 0 Å². The predicted molar refractivity (Wildman–Crippen MR) is 86.2 cm³/mol. The summed E-state index contributed by atoms with van der Waals surface area (Å²) in [6.07, 6.45) is 0.259. The van der Waals surface area contributed by atoms with Gasteiger partial charge in [-0.15, -0.1) is 0 Å². The van der Waals surface area contributed by atoms with Crippen LogP contribution in [-0.4, -0.2) is 44.9 Å². The number of rotatable bonds is 8. The average Bonchev–Trinajstić information content (AvgIpc) is 2.39. The maximum Gasteiger partial charge on any atom is 0.133 e. The second-order valence-corrected chi connectivity index (χ2v) is 5.90. The van der Waals surface area contributed by atoms with Gasteiger partial charge in [0.25, 0.3) is 0 Å². The molecule has 0 radical (unpaired) electrons. The number of benzene rings is 1. The van der Waals surface area contributed by atoms with Gasteiger partial charge in [0.05, 0.1) is 24.3 Å². The third kappa shape index (κ3) is 5.05. The van der Waals surface area contributed by atoms with Crippen LogP contribution in [0.15, 0.2) is 22.7 Å². The second-order valence-electron chi connectivity index (χ2n) is 5.05. The lowest BCUT2D eigenvalue weighted by atomic mass is 10.1. The van der Waals surface area contributed by atoms with E-state index >= 15 is 0 Å². The molecule has 1 rings (SSSR count). The van der Waals surface area contributed by atoms with Crippen LogP contribution in [0.25, 0.3) is 0 Å². The molecule has 0 amide bonds. The molecule has 20 heavy (non-hydrogen) atoms. The van der Waals surface area contributed by atoms with Crippen molar-refractivity contribution in [3.05, 3.63) is 28.2 Å². The van der Waals surface area contributed by atoms with Crippen molar-refractivity contribution in [2.75, 3.05) is 33.9 Å². The Kier molecular flexibility index (Phi) is 7.51. The van der Waals surface area contributed by atoms with E-state index < -0.39 is 0 Å². The van der Waals surface area contributed by atoms with Gasteiger partial charge in [0.15, 0.2) is 0 Å². The number of hydrogen-bond acceptors (Lipinski definition) is 4. The van der Waals surface area contributed by atoms with Crippen molar-refractivity contribution in [2.24, 2.45) is 5.73 Å². The third-order valence-corrected chi connectivity index (χ3v) is 3.83. The van der Waals surface area contributed by atoms with Gasteiger partial charge in [-0.1, -0.05) is 6.07 Å². The minimum atomic E-state index is 0.174. The maximum absolute atomic E-state index is 5.93. The topological polar surface area (TPSA) is 47.7 Å². The minimum absolute atomic E-state index is 0.174. The maximum atomic E-state index is 5.93. The van der Waals surface area contributed by atoms with E-state index in [0.717, 1.165) is 16.8 Å². The Morgan fingerprint density at radius 3 is 2.55 bits per heavy atom. The van der Waals surface area contributed by atoms with Crippen LogP contribution in [0.2, 0.25) is 0 Å². The molecule has 5 heteroatoms. The molecule has 0 heterocycles. The van der Waals surface area contributed by atoms with Crippen molar-refractivity contribution in [1.29, 1.82) is 0 Å². The number of methoxy groups -OCH3 is 1. The van der Waals surface area contributed by atoms with Gasteiger partial charge in [-0.3, -0.25) is 4.90 Å². The number of halogens is 1. The molecule has 0 aliphatic rings. The first-order valence-electron chi connectivity index (χ1n) is 6.85. The van der Waals surface area contributed by atoms with Crippen LogP contribution in [0.5, 0.6) is 5.75 Å². The second kappa shape index (κ2) is 8.62. The van der Waals surface area contributed by atoms with E-state index in [2.05, 4.69) is 40.0 Å². The van der Waals surface area contributed by atoms with Gasteiger partial charge in [0.1, 0.15) is 5.75 Å². The van der Waals surface area contributed by atoms with Gasteiger partial charge in [0, 0.05) is 19.1 Å². The number of ether oxygens (including phenoxy) is 2. The van der Waals surface area contributed by atoms with Crippen molar-refractivity contribution in [3.63, 3.8) is 0 Å². The monoisotopic (exact) mass is 344 g/mol. The highest BCUT2D eigenvalue weighted by Gasteiger charge is 2.16. The molecule has 1 unspecified atom stereocenters. The Morgan fingerprint density at radius 2 is 2.05 bits per heavy atom. The van der Waals surface area contributed by atoms with Gasteiger partial charge in [-0.05, 0) is 54.5 Å². The quantitative estimate of drug-likeness (QED) is 0.787. The first-order valence-corrected chi connectivity index (χ1v) is 7.64. The molecule has 0 spiro atoms. The Morgan fingerprint density at radius 1 is 1.35 bits per heavy atom. The Bertz CT molecular complexity index is 413. The Balaban J connectivity index is 2.71. The van der Waals surface area contributed by atoms with Crippen molar-refractivity contribution in [3.8, 4) is 5.75 Å². The zero-order valence-electron chi connectivity index (χ0n) is 12.7. The Labute approximate surface area is 130 Å². The van der Waals surface area contributed by atoms with Crippen molar-refractivity contribution in [1.82, 2.24) is 4.90 Å². The van der Waals surface area contributed by atoms with Gasteiger partial charge in [-0.2, -0.15) is 0 Å². The molecule has 1 aromatic carbocycles. The highest BCUT2D eigenvalue weighted by molar-refractivity contribution is 9.10. The summed E-state index contributed by atoms with van der Waals surface area (Å²) in [5.41, 5.74) is 7.10. The standard InChI is InChI=1S/C15H25BrN2O2/c1-11(2)20-8-7-18(3)14(10-17)12-5-6-15(19-4)13(16)9-12/h5-6,9,11,14H,7-8,10,17H2,1-4H3. The number of nitrogens with two attached hydrogens (primary N) is 1. The minimum Gasteiger partial charge on any atom is -0.496 e. The first-order chi connectivity index (χ1) is 9.49. The summed E-state index contributed by atoms with van der Waals surface area (Å²) in [4.78, 5) is 2.22. The molecule has 0 aliphatic carbocycles. The van der Waals surface area contributed by atoms with E-state index in [9.17, 15) is 0 Å². The van der Waals surface area contributed by atoms with Crippen molar-refractivity contribution >= 4 is 15.9 Å². The van der Waals surface area contributed by atoms with Gasteiger partial charge in [0.2, 0.25) is 0 Å². The fraction of sp³-hybridized carbons (Fsp3) is 0.600. The molecular weight excluding hydrogens is 320 g/mol. The molecule has 4 nitrogen and oxygen atoms in total. The molecule has 1 aromatic rings. The number of nitrogens with zero attached hydrogens (tertiary/aromatic N) is 1. The highest BCUT2D eigenvalue weighted by atomic mass is 79.9. The lowest BCUT2D eigenvalue weighted by Crippen LogP contribution is -2.33. The number of likely N-dealkylation sites (N-methyl/N-ethyl adjacent to an activating group) is 1. The van der Waals surface area contributed by atoms with E-state index in [0.29, 0.717) is 13.2 Å². The van der Waals surface area contributed by atoms with Crippen LogP contribution in [0.3, 0.4) is 0 Å². The SMILES string of the molecule is COc1ccc(C(CN)N(C)CCOC(C)C)cc1Br. The molecule has 1 atom stereocenters. The van der Waals surface area contributed by atoms with E-state index in [-0.39, 0.29) is 12.1 Å². The van der Waals surface area contributed by atoms with Crippen LogP contribution in [0.4, 0.5) is 0 Å². The molecule has 2 N–H and O–H groups in total. The predicted octanol–water partition coefficient (Wildman–Crippen LogP) is 2.81. The number of hydrogen-bond donors (Lipinski definition) is 1. The lowest BCUT2D eigenvalue weighted by Gasteiger charge is -2.28. The van der Waals surface area contributed by atoms with Crippen LogP contribution in [-0.2, 0) is 4.74 Å². The summed E-state index contributed by atoms with van der Waals surface area (Å²) < 4.78 is 11.8. The first kappa shape index (κ1) is 17.4. The molecular formula is C15H25BrN2O2. The van der Waals surface area contributed by atoms with E-state index in [1.165, 1.54) is 5.56 Å². The fourth-order valence-corrected chi connectivity index (χ4v) is 2.61. The molecule has 114 valence electrons.